The molecule has 0 radical (unpaired) electrons. The Labute approximate surface area is 285 Å². The van der Waals surface area contributed by atoms with Gasteiger partial charge in [-0.15, -0.1) is 0 Å². The second-order valence-corrected chi connectivity index (χ2v) is 17.7. The zero-order valence-electron chi connectivity index (χ0n) is 28.2. The number of benzene rings is 5. The standard InChI is InChI=1S/C44H47NP2/c1-34(2)32-45(33-35(3)4)44(41-29-19-31-43(41)47(38-24-13-7-14-25-38)39-26-15-8-16-27-39)40-28-17-18-30-42(40)46(36-20-9-5-10-21-36)37-22-11-6-12-23-37/h5-31,34-35,41,44H,32-33H2,1-4H3. The lowest BCUT2D eigenvalue weighted by atomic mass is 9.90. The molecule has 0 aliphatic heterocycles. The van der Waals surface area contributed by atoms with E-state index in [4.69, 9.17) is 0 Å². The van der Waals surface area contributed by atoms with E-state index in [2.05, 4.69) is 196 Å². The number of hydrogen-bond donors (Lipinski definition) is 0. The molecule has 0 heterocycles. The molecule has 0 fully saturated rings. The molecule has 3 heteroatoms. The maximum Gasteiger partial charge on any atom is 0.0458 e. The van der Waals surface area contributed by atoms with E-state index in [1.54, 1.807) is 5.31 Å². The summed E-state index contributed by atoms with van der Waals surface area (Å²) < 4.78 is 0. The Morgan fingerprint density at radius 3 is 1.36 bits per heavy atom. The van der Waals surface area contributed by atoms with Gasteiger partial charge in [-0.2, -0.15) is 0 Å². The van der Waals surface area contributed by atoms with Crippen molar-refractivity contribution in [1.82, 2.24) is 4.90 Å². The second kappa shape index (κ2) is 16.0. The van der Waals surface area contributed by atoms with Gasteiger partial charge in [0.2, 0.25) is 0 Å². The Balaban J connectivity index is 1.56. The summed E-state index contributed by atoms with van der Waals surface area (Å²) in [5.41, 5.74) is 1.46. The zero-order valence-corrected chi connectivity index (χ0v) is 29.9. The minimum absolute atomic E-state index is 0.204. The van der Waals surface area contributed by atoms with Crippen molar-refractivity contribution < 1.29 is 0 Å². The van der Waals surface area contributed by atoms with Crippen molar-refractivity contribution in [3.63, 3.8) is 0 Å². The molecule has 47 heavy (non-hydrogen) atoms. The molecule has 0 amide bonds. The summed E-state index contributed by atoms with van der Waals surface area (Å²) in [7, 11) is -1.48. The van der Waals surface area contributed by atoms with Gasteiger partial charge in [-0.25, -0.2) is 0 Å². The van der Waals surface area contributed by atoms with Gasteiger partial charge >= 0.3 is 0 Å². The zero-order chi connectivity index (χ0) is 32.6. The molecule has 6 rings (SSSR count). The van der Waals surface area contributed by atoms with Gasteiger partial charge in [-0.1, -0.05) is 192 Å². The van der Waals surface area contributed by atoms with Crippen molar-refractivity contribution in [1.29, 1.82) is 0 Å². The number of rotatable bonds is 13. The van der Waals surface area contributed by atoms with Crippen molar-refractivity contribution in [2.75, 3.05) is 13.1 Å². The van der Waals surface area contributed by atoms with E-state index in [1.807, 2.05) is 0 Å². The van der Waals surface area contributed by atoms with Gasteiger partial charge in [0.1, 0.15) is 0 Å². The van der Waals surface area contributed by atoms with Crippen molar-refractivity contribution in [2.24, 2.45) is 17.8 Å². The minimum atomic E-state index is -0.761. The van der Waals surface area contributed by atoms with Gasteiger partial charge < -0.3 is 0 Å². The largest absolute Gasteiger partial charge is 0.295 e. The summed E-state index contributed by atoms with van der Waals surface area (Å²) >= 11 is 0. The highest BCUT2D eigenvalue weighted by Gasteiger charge is 2.38. The SMILES string of the molecule is CC(C)CN(CC(C)C)C(c1ccccc1P(c1ccccc1)c1ccccc1)C1C=CC=C1P(c1ccccc1)c1ccccc1. The van der Waals surface area contributed by atoms with E-state index in [9.17, 15) is 0 Å². The molecule has 0 saturated heterocycles. The Morgan fingerprint density at radius 2 is 0.915 bits per heavy atom. The highest BCUT2D eigenvalue weighted by Crippen LogP contribution is 2.54. The Bertz CT molecular complexity index is 1660. The molecule has 0 bridgehead atoms. The number of allylic oxidation sites excluding steroid dienone is 2. The molecule has 2 atom stereocenters. The Morgan fingerprint density at radius 1 is 0.511 bits per heavy atom. The lowest BCUT2D eigenvalue weighted by Crippen LogP contribution is -2.41. The average Bonchev–Trinajstić information content (AvgIpc) is 3.56. The predicted octanol–water partition coefficient (Wildman–Crippen LogP) is 9.30. The smallest absolute Gasteiger partial charge is 0.0458 e. The number of hydrogen-bond acceptors (Lipinski definition) is 1. The van der Waals surface area contributed by atoms with Crippen LogP contribution in [0.5, 0.6) is 0 Å². The molecule has 1 nitrogen and oxygen atoms in total. The van der Waals surface area contributed by atoms with Gasteiger partial charge in [-0.3, -0.25) is 4.90 Å². The van der Waals surface area contributed by atoms with E-state index >= 15 is 0 Å². The predicted molar refractivity (Wildman–Crippen MR) is 209 cm³/mol. The van der Waals surface area contributed by atoms with Crippen LogP contribution in [0, 0.1) is 17.8 Å². The van der Waals surface area contributed by atoms with Crippen LogP contribution in [-0.2, 0) is 0 Å². The average molecular weight is 652 g/mol. The van der Waals surface area contributed by atoms with Gasteiger partial charge in [-0.05, 0) is 65.1 Å². The summed E-state index contributed by atoms with van der Waals surface area (Å²) in [4.78, 5) is 2.83. The second-order valence-electron chi connectivity index (χ2n) is 13.3. The quantitative estimate of drug-likeness (QED) is 0.115. The van der Waals surface area contributed by atoms with Crippen LogP contribution in [0.15, 0.2) is 169 Å². The molecule has 0 spiro atoms. The van der Waals surface area contributed by atoms with Crippen LogP contribution in [0.1, 0.15) is 39.3 Å². The highest BCUT2D eigenvalue weighted by atomic mass is 31.1. The monoisotopic (exact) mass is 651 g/mol. The lowest BCUT2D eigenvalue weighted by molar-refractivity contribution is 0.138. The molecule has 5 aromatic rings. The lowest BCUT2D eigenvalue weighted by Gasteiger charge is -2.41. The van der Waals surface area contributed by atoms with Crippen LogP contribution in [0.4, 0.5) is 0 Å². The molecule has 0 N–H and O–H groups in total. The first-order valence-electron chi connectivity index (χ1n) is 17.0. The molecule has 5 aromatic carbocycles. The molecule has 2 unspecified atom stereocenters. The Hall–Kier alpha value is -3.60. The van der Waals surface area contributed by atoms with Crippen molar-refractivity contribution >= 4 is 42.4 Å². The maximum absolute atomic E-state index is 2.83. The van der Waals surface area contributed by atoms with E-state index in [1.165, 1.54) is 32.1 Å². The fourth-order valence-electron chi connectivity index (χ4n) is 6.96. The van der Waals surface area contributed by atoms with Crippen molar-refractivity contribution in [3.05, 3.63) is 175 Å². The molecule has 1 aliphatic rings. The highest BCUT2D eigenvalue weighted by molar-refractivity contribution is 7.80. The molecular weight excluding hydrogens is 604 g/mol. The van der Waals surface area contributed by atoms with E-state index < -0.39 is 15.8 Å². The fraction of sp³-hybridized carbons (Fsp3) is 0.227. The van der Waals surface area contributed by atoms with E-state index in [0.29, 0.717) is 11.8 Å². The minimum Gasteiger partial charge on any atom is -0.295 e. The third-order valence-corrected chi connectivity index (χ3v) is 13.8. The summed E-state index contributed by atoms with van der Waals surface area (Å²) in [6, 6.07) is 54.4. The summed E-state index contributed by atoms with van der Waals surface area (Å²) in [6.07, 6.45) is 7.31. The van der Waals surface area contributed by atoms with Crippen molar-refractivity contribution in [2.45, 2.75) is 33.7 Å². The topological polar surface area (TPSA) is 3.24 Å². The van der Waals surface area contributed by atoms with Crippen LogP contribution in [0.3, 0.4) is 0 Å². The van der Waals surface area contributed by atoms with Gasteiger partial charge in [0, 0.05) is 25.0 Å². The normalized spacial score (nSPS) is 15.3. The molecule has 0 aromatic heterocycles. The molecule has 1 aliphatic carbocycles. The van der Waals surface area contributed by atoms with E-state index in [0.717, 1.165) is 13.1 Å². The van der Waals surface area contributed by atoms with Crippen molar-refractivity contribution in [3.8, 4) is 0 Å². The molecule has 238 valence electrons. The summed E-state index contributed by atoms with van der Waals surface area (Å²) in [6.45, 7) is 11.6. The maximum atomic E-state index is 2.83. The summed E-state index contributed by atoms with van der Waals surface area (Å²) in [5, 5.41) is 8.62. The van der Waals surface area contributed by atoms with Crippen LogP contribution >= 0.6 is 15.8 Å². The van der Waals surface area contributed by atoms with E-state index in [-0.39, 0.29) is 12.0 Å². The van der Waals surface area contributed by atoms with Gasteiger partial charge in [0.05, 0.1) is 0 Å². The van der Waals surface area contributed by atoms with Crippen LogP contribution < -0.4 is 26.5 Å². The summed E-state index contributed by atoms with van der Waals surface area (Å²) in [5.74, 6) is 1.36. The third-order valence-electron chi connectivity index (χ3n) is 8.67. The molecular formula is C44H47NP2. The first-order chi connectivity index (χ1) is 23.0. The Kier molecular flexibility index (Phi) is 11.3. The van der Waals surface area contributed by atoms with Crippen LogP contribution in [0.25, 0.3) is 0 Å². The first-order valence-corrected chi connectivity index (χ1v) is 19.7. The third kappa shape index (κ3) is 7.93. The first kappa shape index (κ1) is 33.3. The van der Waals surface area contributed by atoms with Crippen LogP contribution in [0.2, 0.25) is 0 Å². The molecule has 0 saturated carbocycles. The number of nitrogens with zero attached hydrogens (tertiary/aromatic N) is 1. The van der Waals surface area contributed by atoms with Crippen LogP contribution in [-0.4, -0.2) is 18.0 Å². The van der Waals surface area contributed by atoms with Gasteiger partial charge in [0.25, 0.3) is 0 Å². The fourth-order valence-corrected chi connectivity index (χ4v) is 12.0. The van der Waals surface area contributed by atoms with Gasteiger partial charge in [0.15, 0.2) is 0 Å².